The molecule has 2 heterocycles. The quantitative estimate of drug-likeness (QED) is 0.672. The summed E-state index contributed by atoms with van der Waals surface area (Å²) in [5.41, 5.74) is 0.396. The van der Waals surface area contributed by atoms with E-state index in [0.717, 1.165) is 4.90 Å². The number of aliphatic hydroxyl groups is 1. The van der Waals surface area contributed by atoms with Crippen LogP contribution < -0.4 is 10.1 Å². The molecule has 2 atom stereocenters. The molecule has 1 fully saturated rings. The van der Waals surface area contributed by atoms with Gasteiger partial charge < -0.3 is 19.9 Å². The molecule has 2 N–H and O–H groups in total. The lowest BCUT2D eigenvalue weighted by molar-refractivity contribution is -0.244. The number of alkyl halides is 2. The zero-order valence-electron chi connectivity index (χ0n) is 17.8. The molecule has 0 bridgehead atoms. The number of nitrogens with one attached hydrogen (secondary N) is 1. The number of hydrogen-bond donors (Lipinski definition) is 2. The second-order valence-electron chi connectivity index (χ2n) is 8.28. The third-order valence-corrected chi connectivity index (χ3v) is 4.65. The number of ether oxygens (including phenoxy) is 2. The van der Waals surface area contributed by atoms with E-state index in [2.05, 4.69) is 15.3 Å². The van der Waals surface area contributed by atoms with Gasteiger partial charge in [0.25, 0.3) is 5.92 Å². The first kappa shape index (κ1) is 23.0. The van der Waals surface area contributed by atoms with Crippen LogP contribution in [0.3, 0.4) is 0 Å². The number of hydrogen-bond acceptors (Lipinski definition) is 7. The number of aromatic nitrogens is 2. The lowest BCUT2D eigenvalue weighted by atomic mass is 10.1. The fourth-order valence-electron chi connectivity index (χ4n) is 3.34. The fourth-order valence-corrected chi connectivity index (χ4v) is 3.34. The molecule has 10 heteroatoms. The molecule has 1 aromatic heterocycles. The average molecular weight is 436 g/mol. The van der Waals surface area contributed by atoms with Crippen LogP contribution in [0.15, 0.2) is 36.7 Å². The number of para-hydroxylation sites is 1. The lowest BCUT2D eigenvalue weighted by Crippen LogP contribution is -2.49. The second kappa shape index (κ2) is 8.81. The molecule has 168 valence electrons. The zero-order valence-corrected chi connectivity index (χ0v) is 17.8. The lowest BCUT2D eigenvalue weighted by Gasteiger charge is -2.32. The van der Waals surface area contributed by atoms with E-state index in [1.165, 1.54) is 19.5 Å². The van der Waals surface area contributed by atoms with Crippen LogP contribution in [0.4, 0.5) is 14.6 Å². The number of methoxy groups -OCH3 is 1. The molecule has 0 spiro atoms. The van der Waals surface area contributed by atoms with Crippen molar-refractivity contribution in [3.63, 3.8) is 0 Å². The number of carbonyl (C=O) groups excluding carboxylic acids is 1. The summed E-state index contributed by atoms with van der Waals surface area (Å²) in [4.78, 5) is 22.0. The minimum absolute atomic E-state index is 0.141. The van der Waals surface area contributed by atoms with Gasteiger partial charge in [-0.25, -0.2) is 23.6 Å². The summed E-state index contributed by atoms with van der Waals surface area (Å²) in [5.74, 6) is -3.14. The zero-order chi connectivity index (χ0) is 22.8. The minimum Gasteiger partial charge on any atom is -0.496 e. The maximum Gasteiger partial charge on any atom is 0.262 e. The Morgan fingerprint density at radius 1 is 1.32 bits per heavy atom. The van der Waals surface area contributed by atoms with Crippen molar-refractivity contribution in [3.8, 4) is 17.0 Å². The largest absolute Gasteiger partial charge is 0.496 e. The smallest absolute Gasteiger partial charge is 0.262 e. The Balaban J connectivity index is 1.80. The van der Waals surface area contributed by atoms with Crippen LogP contribution in [-0.4, -0.2) is 63.5 Å². The number of amides is 1. The molecule has 1 aliphatic rings. The van der Waals surface area contributed by atoms with Crippen LogP contribution in [0.2, 0.25) is 0 Å². The molecule has 0 saturated carbocycles. The molecule has 8 nitrogen and oxygen atoms in total. The minimum atomic E-state index is -3.14. The number of carbonyl (C=O) groups is 1. The number of nitrogens with zero attached hydrogens (tertiary/aromatic N) is 3. The summed E-state index contributed by atoms with van der Waals surface area (Å²) in [5, 5.41) is 12.8. The molecule has 1 aromatic carbocycles. The maximum absolute atomic E-state index is 14.1. The van der Waals surface area contributed by atoms with Crippen LogP contribution in [0.1, 0.15) is 27.2 Å². The Kier molecular flexibility index (Phi) is 6.54. The van der Waals surface area contributed by atoms with E-state index in [-0.39, 0.29) is 5.82 Å². The first-order valence-corrected chi connectivity index (χ1v) is 9.75. The highest BCUT2D eigenvalue weighted by atomic mass is 19.3. The predicted molar refractivity (Wildman–Crippen MR) is 110 cm³/mol. The monoisotopic (exact) mass is 436 g/mol. The van der Waals surface area contributed by atoms with Crippen molar-refractivity contribution in [2.45, 2.75) is 51.2 Å². The van der Waals surface area contributed by atoms with Gasteiger partial charge in [-0.3, -0.25) is 4.79 Å². The second-order valence-corrected chi connectivity index (χ2v) is 8.28. The average Bonchev–Trinajstić information content (AvgIpc) is 3.03. The Morgan fingerprint density at radius 3 is 2.71 bits per heavy atom. The van der Waals surface area contributed by atoms with Gasteiger partial charge in [-0.15, -0.1) is 0 Å². The number of halogens is 2. The highest BCUT2D eigenvalue weighted by molar-refractivity contribution is 5.94. The van der Waals surface area contributed by atoms with Gasteiger partial charge >= 0.3 is 0 Å². The number of anilines is 1. The van der Waals surface area contributed by atoms with Crippen LogP contribution >= 0.6 is 0 Å². The summed E-state index contributed by atoms with van der Waals surface area (Å²) >= 11 is 0. The standard InChI is InChI=1S/C21H26F2N4O4/c1-20(2,3)31-19(29)27-11-21(22,23)10-15(27)18(28)26-17-9-14(24-12-25-17)13-7-5-6-8-16(13)30-4/h5-9,12,15,19,29H,10-11H2,1-4H3,(H,24,25,26,28). The first-order chi connectivity index (χ1) is 14.5. The van der Waals surface area contributed by atoms with Crippen molar-refractivity contribution < 1.29 is 28.2 Å². The Bertz CT molecular complexity index is 936. The van der Waals surface area contributed by atoms with E-state index < -0.39 is 42.9 Å². The summed E-state index contributed by atoms with van der Waals surface area (Å²) in [7, 11) is 1.53. The maximum atomic E-state index is 14.1. The molecular formula is C21H26F2N4O4. The molecule has 0 radical (unpaired) electrons. The van der Waals surface area contributed by atoms with E-state index in [1.54, 1.807) is 32.9 Å². The normalized spacial score (nSPS) is 19.8. The first-order valence-electron chi connectivity index (χ1n) is 9.75. The molecule has 1 amide bonds. The molecule has 0 aliphatic carbocycles. The van der Waals surface area contributed by atoms with Gasteiger partial charge in [0.15, 0.2) is 0 Å². The van der Waals surface area contributed by atoms with Crippen LogP contribution in [0, 0.1) is 0 Å². The molecule has 3 rings (SSSR count). The van der Waals surface area contributed by atoms with Gasteiger partial charge in [-0.05, 0) is 32.9 Å². The topological polar surface area (TPSA) is 96.8 Å². The van der Waals surface area contributed by atoms with Crippen molar-refractivity contribution in [2.75, 3.05) is 19.0 Å². The molecule has 1 aliphatic heterocycles. The Morgan fingerprint density at radius 2 is 2.03 bits per heavy atom. The van der Waals surface area contributed by atoms with Gasteiger partial charge in [0.2, 0.25) is 12.3 Å². The van der Waals surface area contributed by atoms with E-state index in [0.29, 0.717) is 17.0 Å². The van der Waals surface area contributed by atoms with Crippen molar-refractivity contribution >= 4 is 11.7 Å². The predicted octanol–water partition coefficient (Wildman–Crippen LogP) is 2.89. The summed E-state index contributed by atoms with van der Waals surface area (Å²) in [6.07, 6.45) is -1.14. The van der Waals surface area contributed by atoms with E-state index in [4.69, 9.17) is 9.47 Å². The number of likely N-dealkylation sites (tertiary alicyclic amines) is 1. The van der Waals surface area contributed by atoms with Gasteiger partial charge in [0.05, 0.1) is 31.0 Å². The number of rotatable bonds is 6. The Hall–Kier alpha value is -2.69. The van der Waals surface area contributed by atoms with E-state index >= 15 is 0 Å². The summed E-state index contributed by atoms with van der Waals surface area (Å²) in [6.45, 7) is 4.25. The SMILES string of the molecule is COc1ccccc1-c1cc(NC(=O)C2CC(F)(F)CN2C(O)OC(C)(C)C)ncn1. The van der Waals surface area contributed by atoms with Crippen LogP contribution in [0.5, 0.6) is 5.75 Å². The number of benzene rings is 1. The molecule has 2 aromatic rings. The highest BCUT2D eigenvalue weighted by Crippen LogP contribution is 2.35. The van der Waals surface area contributed by atoms with Gasteiger partial charge in [0.1, 0.15) is 17.9 Å². The molecular weight excluding hydrogens is 410 g/mol. The highest BCUT2D eigenvalue weighted by Gasteiger charge is 2.51. The molecule has 1 saturated heterocycles. The molecule has 31 heavy (non-hydrogen) atoms. The molecule has 2 unspecified atom stereocenters. The van der Waals surface area contributed by atoms with Gasteiger partial charge in [-0.2, -0.15) is 0 Å². The third kappa shape index (κ3) is 5.72. The van der Waals surface area contributed by atoms with E-state index in [1.807, 2.05) is 12.1 Å². The summed E-state index contributed by atoms with van der Waals surface area (Å²) in [6, 6.07) is 7.42. The number of aliphatic hydroxyl groups excluding tert-OH is 1. The van der Waals surface area contributed by atoms with Crippen molar-refractivity contribution in [1.29, 1.82) is 0 Å². The third-order valence-electron chi connectivity index (χ3n) is 4.65. The van der Waals surface area contributed by atoms with Crippen LogP contribution in [-0.2, 0) is 9.53 Å². The van der Waals surface area contributed by atoms with Gasteiger partial charge in [-0.1, -0.05) is 12.1 Å². The van der Waals surface area contributed by atoms with Gasteiger partial charge in [0, 0.05) is 18.1 Å². The van der Waals surface area contributed by atoms with E-state index in [9.17, 15) is 18.7 Å². The summed E-state index contributed by atoms with van der Waals surface area (Å²) < 4.78 is 38.9. The Labute approximate surface area is 179 Å². The van der Waals surface area contributed by atoms with Crippen molar-refractivity contribution in [2.24, 2.45) is 0 Å². The van der Waals surface area contributed by atoms with Crippen molar-refractivity contribution in [1.82, 2.24) is 14.9 Å². The van der Waals surface area contributed by atoms with Crippen LogP contribution in [0.25, 0.3) is 11.3 Å². The fraction of sp³-hybridized carbons (Fsp3) is 0.476. The van der Waals surface area contributed by atoms with Crippen molar-refractivity contribution in [3.05, 3.63) is 36.7 Å².